The van der Waals surface area contributed by atoms with Gasteiger partial charge >= 0.3 is 0 Å². The average molecular weight is 263 g/mol. The Kier molecular flexibility index (Phi) is 9.46. The van der Waals surface area contributed by atoms with Crippen LogP contribution in [0.3, 0.4) is 0 Å². The van der Waals surface area contributed by atoms with Crippen molar-refractivity contribution in [2.24, 2.45) is 0 Å². The van der Waals surface area contributed by atoms with Crippen LogP contribution >= 0.6 is 11.6 Å². The first kappa shape index (κ1) is 16.6. The quantitative estimate of drug-likeness (QED) is 0.382. The van der Waals surface area contributed by atoms with Gasteiger partial charge in [0.05, 0.1) is 6.10 Å². The molecule has 0 N–H and O–H groups in total. The summed E-state index contributed by atoms with van der Waals surface area (Å²) in [6, 6.07) is 0. The smallest absolute Gasteiger partial charge is 0.176 e. The van der Waals surface area contributed by atoms with Gasteiger partial charge in [0.15, 0.2) is 6.29 Å². The van der Waals surface area contributed by atoms with E-state index in [9.17, 15) is 0 Å². The Morgan fingerprint density at radius 3 is 2.00 bits per heavy atom. The summed E-state index contributed by atoms with van der Waals surface area (Å²) >= 11 is 5.74. The van der Waals surface area contributed by atoms with E-state index in [1.807, 2.05) is 26.0 Å². The molecule has 0 rings (SSSR count). The van der Waals surface area contributed by atoms with Crippen molar-refractivity contribution in [2.45, 2.75) is 32.7 Å². The third-order valence-corrected chi connectivity index (χ3v) is 2.81. The van der Waals surface area contributed by atoms with Crippen LogP contribution in [0.2, 0.25) is 0 Å². The third kappa shape index (κ3) is 7.55. The second-order valence-electron chi connectivity index (χ2n) is 3.98. The van der Waals surface area contributed by atoms with Gasteiger partial charge in [0.1, 0.15) is 0 Å². The molecule has 0 fully saturated rings. The van der Waals surface area contributed by atoms with E-state index in [2.05, 4.69) is 0 Å². The van der Waals surface area contributed by atoms with E-state index in [0.717, 1.165) is 17.6 Å². The monoisotopic (exact) mass is 262 g/mol. The summed E-state index contributed by atoms with van der Waals surface area (Å²) in [6.07, 6.45) is 4.52. The van der Waals surface area contributed by atoms with Crippen molar-refractivity contribution in [1.82, 2.24) is 0 Å². The minimum absolute atomic E-state index is 0.0411. The molecule has 0 heterocycles. The first-order chi connectivity index (χ1) is 8.07. The SMILES string of the molecule is COC(C=C(C)CCl)CC(C)=CC(OC)OC. The second-order valence-corrected chi connectivity index (χ2v) is 4.25. The molecule has 0 aliphatic carbocycles. The summed E-state index contributed by atoms with van der Waals surface area (Å²) in [5.74, 6) is 0.529. The third-order valence-electron chi connectivity index (χ3n) is 2.39. The van der Waals surface area contributed by atoms with Gasteiger partial charge in [-0.3, -0.25) is 0 Å². The number of methoxy groups -OCH3 is 3. The van der Waals surface area contributed by atoms with Crippen LogP contribution in [0, 0.1) is 0 Å². The lowest BCUT2D eigenvalue weighted by molar-refractivity contribution is -0.0672. The minimum Gasteiger partial charge on any atom is -0.377 e. The number of rotatable bonds is 8. The summed E-state index contributed by atoms with van der Waals surface area (Å²) < 4.78 is 15.6. The van der Waals surface area contributed by atoms with Gasteiger partial charge in [-0.25, -0.2) is 0 Å². The molecule has 0 aliphatic heterocycles. The van der Waals surface area contributed by atoms with Crippen molar-refractivity contribution in [3.63, 3.8) is 0 Å². The molecule has 0 aliphatic rings. The predicted molar refractivity (Wildman–Crippen MR) is 71.5 cm³/mol. The van der Waals surface area contributed by atoms with E-state index in [1.54, 1.807) is 21.3 Å². The lowest BCUT2D eigenvalue weighted by atomic mass is 10.1. The van der Waals surface area contributed by atoms with Crippen LogP contribution in [0.5, 0.6) is 0 Å². The maximum absolute atomic E-state index is 5.74. The highest BCUT2D eigenvalue weighted by molar-refractivity contribution is 6.19. The molecule has 0 aromatic rings. The first-order valence-corrected chi connectivity index (χ1v) is 6.09. The fraction of sp³-hybridized carbons (Fsp3) is 0.692. The Morgan fingerprint density at radius 2 is 1.59 bits per heavy atom. The largest absolute Gasteiger partial charge is 0.377 e. The normalized spacial score (nSPS) is 15.5. The van der Waals surface area contributed by atoms with Crippen molar-refractivity contribution in [3.05, 3.63) is 23.3 Å². The van der Waals surface area contributed by atoms with E-state index in [-0.39, 0.29) is 12.4 Å². The Hall–Kier alpha value is -0.350. The van der Waals surface area contributed by atoms with Gasteiger partial charge in [-0.2, -0.15) is 0 Å². The number of allylic oxidation sites excluding steroid dienone is 1. The van der Waals surface area contributed by atoms with E-state index in [1.165, 1.54) is 0 Å². The van der Waals surface area contributed by atoms with E-state index in [0.29, 0.717) is 5.88 Å². The van der Waals surface area contributed by atoms with Crippen molar-refractivity contribution < 1.29 is 14.2 Å². The van der Waals surface area contributed by atoms with Crippen molar-refractivity contribution >= 4 is 11.6 Å². The van der Waals surface area contributed by atoms with Gasteiger partial charge in [0.25, 0.3) is 0 Å². The van der Waals surface area contributed by atoms with Crippen LogP contribution in [-0.4, -0.2) is 39.6 Å². The summed E-state index contributed by atoms with van der Waals surface area (Å²) in [5, 5.41) is 0. The number of alkyl halides is 1. The molecule has 1 unspecified atom stereocenters. The number of ether oxygens (including phenoxy) is 3. The highest BCUT2D eigenvalue weighted by atomic mass is 35.5. The molecule has 100 valence electrons. The van der Waals surface area contributed by atoms with Crippen molar-refractivity contribution in [1.29, 1.82) is 0 Å². The van der Waals surface area contributed by atoms with Gasteiger partial charge < -0.3 is 14.2 Å². The molecule has 0 aromatic carbocycles. The fourth-order valence-corrected chi connectivity index (χ4v) is 1.51. The Balaban J connectivity index is 4.46. The summed E-state index contributed by atoms with van der Waals surface area (Å²) in [4.78, 5) is 0. The Morgan fingerprint density at radius 1 is 1.00 bits per heavy atom. The zero-order valence-electron chi connectivity index (χ0n) is 11.3. The summed E-state index contributed by atoms with van der Waals surface area (Å²) in [5.41, 5.74) is 2.27. The van der Waals surface area contributed by atoms with Gasteiger partial charge in [-0.15, -0.1) is 11.6 Å². The van der Waals surface area contributed by atoms with Gasteiger partial charge in [0, 0.05) is 27.2 Å². The molecule has 0 aromatic heterocycles. The van der Waals surface area contributed by atoms with Crippen LogP contribution in [0.4, 0.5) is 0 Å². The van der Waals surface area contributed by atoms with Crippen LogP contribution in [-0.2, 0) is 14.2 Å². The van der Waals surface area contributed by atoms with Gasteiger partial charge in [0.2, 0.25) is 0 Å². The number of halogens is 1. The molecular formula is C13H23ClO3. The number of hydrogen-bond donors (Lipinski definition) is 0. The molecule has 0 saturated heterocycles. The minimum atomic E-state index is -0.300. The predicted octanol–water partition coefficient (Wildman–Crippen LogP) is 3.14. The topological polar surface area (TPSA) is 27.7 Å². The lowest BCUT2D eigenvalue weighted by Crippen LogP contribution is -2.13. The zero-order chi connectivity index (χ0) is 13.3. The molecule has 0 radical (unpaired) electrons. The lowest BCUT2D eigenvalue weighted by Gasteiger charge is -2.15. The molecule has 0 saturated carbocycles. The van der Waals surface area contributed by atoms with E-state index >= 15 is 0 Å². The van der Waals surface area contributed by atoms with Crippen molar-refractivity contribution in [3.8, 4) is 0 Å². The Bertz CT molecular complexity index is 257. The molecular weight excluding hydrogens is 240 g/mol. The second kappa shape index (κ2) is 9.66. The maximum atomic E-state index is 5.74. The highest BCUT2D eigenvalue weighted by Crippen LogP contribution is 2.13. The average Bonchev–Trinajstić information content (AvgIpc) is 2.34. The molecule has 0 spiro atoms. The van der Waals surface area contributed by atoms with Crippen LogP contribution in [0.1, 0.15) is 20.3 Å². The molecule has 0 amide bonds. The zero-order valence-corrected chi connectivity index (χ0v) is 12.1. The van der Waals surface area contributed by atoms with Gasteiger partial charge in [-0.05, 0) is 26.3 Å². The first-order valence-electron chi connectivity index (χ1n) is 5.56. The molecule has 4 heteroatoms. The maximum Gasteiger partial charge on any atom is 0.176 e. The van der Waals surface area contributed by atoms with Crippen molar-refractivity contribution in [2.75, 3.05) is 27.2 Å². The van der Waals surface area contributed by atoms with Crippen LogP contribution < -0.4 is 0 Å². The van der Waals surface area contributed by atoms with E-state index in [4.69, 9.17) is 25.8 Å². The van der Waals surface area contributed by atoms with E-state index < -0.39 is 0 Å². The van der Waals surface area contributed by atoms with Crippen LogP contribution in [0.15, 0.2) is 23.3 Å². The van der Waals surface area contributed by atoms with Gasteiger partial charge in [-0.1, -0.05) is 17.2 Å². The summed E-state index contributed by atoms with van der Waals surface area (Å²) in [7, 11) is 4.92. The van der Waals surface area contributed by atoms with Crippen LogP contribution in [0.25, 0.3) is 0 Å². The highest BCUT2D eigenvalue weighted by Gasteiger charge is 2.07. The Labute approximate surface area is 109 Å². The molecule has 1 atom stereocenters. The molecule has 17 heavy (non-hydrogen) atoms. The molecule has 0 bridgehead atoms. The number of hydrogen-bond acceptors (Lipinski definition) is 3. The molecule has 3 nitrogen and oxygen atoms in total. The summed E-state index contributed by atoms with van der Waals surface area (Å²) in [6.45, 7) is 4.02. The fourth-order valence-electron chi connectivity index (χ4n) is 1.42. The standard InChI is InChI=1S/C13H23ClO3/c1-10(8-13(16-4)17-5)6-12(15-3)7-11(2)9-14/h7-8,12-13H,6,9H2,1-5H3.